The molecule has 1 aliphatic rings. The maximum atomic E-state index is 13.3. The first-order chi connectivity index (χ1) is 13.4. The summed E-state index contributed by atoms with van der Waals surface area (Å²) in [6, 6.07) is 4.35. The molecule has 3 rings (SSSR count). The number of aromatic nitrogens is 1. The van der Waals surface area contributed by atoms with E-state index in [9.17, 15) is 26.4 Å². The molecule has 1 aromatic carbocycles. The Balaban J connectivity index is 2.11. The van der Waals surface area contributed by atoms with Crippen LogP contribution in [-0.2, 0) is 23.2 Å². The predicted molar refractivity (Wildman–Crippen MR) is 102 cm³/mol. The van der Waals surface area contributed by atoms with Gasteiger partial charge < -0.3 is 9.47 Å². The molecule has 1 N–H and O–H groups in total. The van der Waals surface area contributed by atoms with Gasteiger partial charge >= 0.3 is 6.18 Å². The Labute approximate surface area is 167 Å². The Morgan fingerprint density at radius 3 is 2.24 bits per heavy atom. The van der Waals surface area contributed by atoms with Crippen LogP contribution in [0.2, 0.25) is 0 Å². The van der Waals surface area contributed by atoms with E-state index < -0.39 is 33.4 Å². The van der Waals surface area contributed by atoms with Crippen molar-refractivity contribution < 1.29 is 26.4 Å². The smallest absolute Gasteiger partial charge is 0.350 e. The number of nitrogens with one attached hydrogen (secondary N) is 1. The van der Waals surface area contributed by atoms with Crippen molar-refractivity contribution in [1.29, 1.82) is 0 Å². The molecule has 0 spiro atoms. The SMILES string of the molecule is Cc1c(C(=O)N2CCCC2)c(S(=O)(=O)Nc2ccccc2C(F)(F)F)c(C)n1C. The van der Waals surface area contributed by atoms with Gasteiger partial charge in [-0.25, -0.2) is 8.42 Å². The molecule has 6 nitrogen and oxygen atoms in total. The Bertz CT molecular complexity index is 1050. The Morgan fingerprint density at radius 1 is 1.07 bits per heavy atom. The van der Waals surface area contributed by atoms with Crippen molar-refractivity contribution in [1.82, 2.24) is 9.47 Å². The highest BCUT2D eigenvalue weighted by atomic mass is 32.2. The van der Waals surface area contributed by atoms with E-state index in [4.69, 9.17) is 0 Å². The van der Waals surface area contributed by atoms with Gasteiger partial charge in [-0.2, -0.15) is 13.2 Å². The molecule has 2 heterocycles. The normalized spacial score (nSPS) is 15.0. The first-order valence-electron chi connectivity index (χ1n) is 9.09. The lowest BCUT2D eigenvalue weighted by Gasteiger charge is -2.18. The Hall–Kier alpha value is -2.49. The summed E-state index contributed by atoms with van der Waals surface area (Å²) >= 11 is 0. The van der Waals surface area contributed by atoms with Crippen LogP contribution >= 0.6 is 0 Å². The molecule has 10 heteroatoms. The van der Waals surface area contributed by atoms with E-state index in [-0.39, 0.29) is 16.2 Å². The second kappa shape index (κ2) is 7.40. The van der Waals surface area contributed by atoms with Crippen LogP contribution in [0.3, 0.4) is 0 Å². The first kappa shape index (κ1) is 21.2. The van der Waals surface area contributed by atoms with Gasteiger partial charge in [-0.3, -0.25) is 9.52 Å². The van der Waals surface area contributed by atoms with Gasteiger partial charge in [-0.15, -0.1) is 0 Å². The molecule has 1 fully saturated rings. The van der Waals surface area contributed by atoms with E-state index in [0.717, 1.165) is 25.0 Å². The fraction of sp³-hybridized carbons (Fsp3) is 0.421. The molecule has 0 unspecified atom stereocenters. The Morgan fingerprint density at radius 2 is 1.66 bits per heavy atom. The van der Waals surface area contributed by atoms with E-state index in [1.165, 1.54) is 19.1 Å². The summed E-state index contributed by atoms with van der Waals surface area (Å²) in [5.74, 6) is -0.423. The standard InChI is InChI=1S/C19H22F3N3O3S/c1-12-16(18(26)25-10-6-7-11-25)17(13(2)24(12)3)29(27,28)23-15-9-5-4-8-14(15)19(20,21)22/h4-5,8-9,23H,6-7,10-11H2,1-3H3. The van der Waals surface area contributed by atoms with Crippen LogP contribution in [0.25, 0.3) is 0 Å². The zero-order valence-electron chi connectivity index (χ0n) is 16.3. The fourth-order valence-corrected chi connectivity index (χ4v) is 5.19. The molecule has 1 aliphatic heterocycles. The number of carbonyl (C=O) groups is 1. The molecule has 0 aliphatic carbocycles. The van der Waals surface area contributed by atoms with Crippen molar-refractivity contribution in [2.75, 3.05) is 17.8 Å². The predicted octanol–water partition coefficient (Wildman–Crippen LogP) is 3.70. The fourth-order valence-electron chi connectivity index (χ4n) is 3.59. The van der Waals surface area contributed by atoms with Gasteiger partial charge in [-0.05, 0) is 38.8 Å². The first-order valence-corrected chi connectivity index (χ1v) is 10.6. The van der Waals surface area contributed by atoms with Gasteiger partial charge in [0, 0.05) is 31.5 Å². The quantitative estimate of drug-likeness (QED) is 0.806. The summed E-state index contributed by atoms with van der Waals surface area (Å²) in [5, 5.41) is 0. The second-order valence-corrected chi connectivity index (χ2v) is 8.70. The largest absolute Gasteiger partial charge is 0.418 e. The number of halogens is 3. The topological polar surface area (TPSA) is 71.4 Å². The lowest BCUT2D eigenvalue weighted by Crippen LogP contribution is -2.30. The molecule has 29 heavy (non-hydrogen) atoms. The maximum Gasteiger partial charge on any atom is 0.418 e. The number of benzene rings is 1. The van der Waals surface area contributed by atoms with E-state index in [1.807, 2.05) is 4.72 Å². The summed E-state index contributed by atoms with van der Waals surface area (Å²) in [6.07, 6.45) is -3.07. The van der Waals surface area contributed by atoms with Crippen molar-refractivity contribution in [3.8, 4) is 0 Å². The lowest BCUT2D eigenvalue weighted by molar-refractivity contribution is -0.136. The van der Waals surface area contributed by atoms with E-state index in [0.29, 0.717) is 18.8 Å². The molecule has 0 atom stereocenters. The number of carbonyl (C=O) groups excluding carboxylic acids is 1. The summed E-state index contributed by atoms with van der Waals surface area (Å²) in [7, 11) is -2.83. The number of hydrogen-bond acceptors (Lipinski definition) is 3. The number of sulfonamides is 1. The maximum absolute atomic E-state index is 13.3. The molecule has 1 saturated heterocycles. The highest BCUT2D eigenvalue weighted by molar-refractivity contribution is 7.92. The van der Waals surface area contributed by atoms with Crippen LogP contribution < -0.4 is 4.72 Å². The average Bonchev–Trinajstić information content (AvgIpc) is 3.24. The van der Waals surface area contributed by atoms with E-state index >= 15 is 0 Å². The number of rotatable bonds is 4. The number of anilines is 1. The molecule has 1 amide bonds. The van der Waals surface area contributed by atoms with E-state index in [2.05, 4.69) is 0 Å². The Kier molecular flexibility index (Phi) is 5.42. The van der Waals surface area contributed by atoms with Gasteiger partial charge in [0.05, 0.1) is 16.8 Å². The molecule has 2 aromatic rings. The van der Waals surface area contributed by atoms with Crippen LogP contribution in [0.5, 0.6) is 0 Å². The third-order valence-electron chi connectivity index (χ3n) is 5.28. The number of alkyl halides is 3. The van der Waals surface area contributed by atoms with Crippen LogP contribution in [0.1, 0.15) is 40.2 Å². The number of para-hydroxylation sites is 1. The lowest BCUT2D eigenvalue weighted by atomic mass is 10.2. The molecule has 1 aromatic heterocycles. The minimum absolute atomic E-state index is 0.00360. The molecule has 0 saturated carbocycles. The van der Waals surface area contributed by atoms with E-state index in [1.54, 1.807) is 23.4 Å². The number of likely N-dealkylation sites (tertiary alicyclic amines) is 1. The monoisotopic (exact) mass is 429 g/mol. The van der Waals surface area contributed by atoms with Crippen LogP contribution in [0.4, 0.5) is 18.9 Å². The van der Waals surface area contributed by atoms with Gasteiger partial charge in [0.2, 0.25) is 0 Å². The minimum atomic E-state index is -4.73. The number of nitrogens with zero attached hydrogens (tertiary/aromatic N) is 2. The minimum Gasteiger partial charge on any atom is -0.350 e. The van der Waals surface area contributed by atoms with Crippen molar-refractivity contribution in [3.05, 3.63) is 46.8 Å². The van der Waals surface area contributed by atoms with Crippen molar-refractivity contribution in [3.63, 3.8) is 0 Å². The third-order valence-corrected chi connectivity index (χ3v) is 6.80. The summed E-state index contributed by atoms with van der Waals surface area (Å²) < 4.78 is 69.8. The summed E-state index contributed by atoms with van der Waals surface area (Å²) in [6.45, 7) is 4.20. The molecule has 158 valence electrons. The highest BCUT2D eigenvalue weighted by Crippen LogP contribution is 2.36. The van der Waals surface area contributed by atoms with Gasteiger partial charge in [-0.1, -0.05) is 12.1 Å². The number of amides is 1. The molecule has 0 radical (unpaired) electrons. The zero-order chi connectivity index (χ0) is 21.6. The van der Waals surface area contributed by atoms with Crippen LogP contribution in [0.15, 0.2) is 29.2 Å². The van der Waals surface area contributed by atoms with Gasteiger partial charge in [0.15, 0.2) is 0 Å². The molecular weight excluding hydrogens is 407 g/mol. The van der Waals surface area contributed by atoms with Gasteiger partial charge in [0.1, 0.15) is 4.90 Å². The van der Waals surface area contributed by atoms with Crippen LogP contribution in [-0.4, -0.2) is 36.9 Å². The second-order valence-electron chi connectivity index (χ2n) is 7.08. The van der Waals surface area contributed by atoms with Gasteiger partial charge in [0.25, 0.3) is 15.9 Å². The third kappa shape index (κ3) is 3.85. The summed E-state index contributed by atoms with van der Waals surface area (Å²) in [5.41, 5.74) is -0.948. The van der Waals surface area contributed by atoms with Crippen molar-refractivity contribution >= 4 is 21.6 Å². The zero-order valence-corrected chi connectivity index (χ0v) is 17.1. The van der Waals surface area contributed by atoms with Crippen molar-refractivity contribution in [2.45, 2.75) is 37.8 Å². The van der Waals surface area contributed by atoms with Crippen molar-refractivity contribution in [2.24, 2.45) is 7.05 Å². The number of hydrogen-bond donors (Lipinski definition) is 1. The molecular formula is C19H22F3N3O3S. The van der Waals surface area contributed by atoms with Crippen LogP contribution in [0, 0.1) is 13.8 Å². The average molecular weight is 429 g/mol. The molecule has 0 bridgehead atoms. The summed E-state index contributed by atoms with van der Waals surface area (Å²) in [4.78, 5) is 14.3. The highest BCUT2D eigenvalue weighted by Gasteiger charge is 2.37.